The summed E-state index contributed by atoms with van der Waals surface area (Å²) in [7, 11) is 0. The van der Waals surface area contributed by atoms with Gasteiger partial charge in [-0.2, -0.15) is 0 Å². The van der Waals surface area contributed by atoms with E-state index < -0.39 is 6.10 Å². The third-order valence-corrected chi connectivity index (χ3v) is 5.29. The van der Waals surface area contributed by atoms with Crippen LogP contribution in [0, 0.1) is 5.92 Å². The summed E-state index contributed by atoms with van der Waals surface area (Å²) in [6.45, 7) is 3.57. The predicted molar refractivity (Wildman–Crippen MR) is 114 cm³/mol. The van der Waals surface area contributed by atoms with Crippen LogP contribution < -0.4 is 5.32 Å². The maximum absolute atomic E-state index is 11.9. The van der Waals surface area contributed by atoms with Crippen molar-refractivity contribution in [2.75, 3.05) is 19.7 Å². The second-order valence-electron chi connectivity index (χ2n) is 7.04. The smallest absolute Gasteiger partial charge is 0.338 e. The van der Waals surface area contributed by atoms with Crippen LogP contribution in [-0.4, -0.2) is 30.8 Å². The molecule has 0 bridgehead atoms. The molecule has 0 fully saturated rings. The van der Waals surface area contributed by atoms with Crippen LogP contribution in [0.25, 0.3) is 0 Å². The molecule has 1 aliphatic carbocycles. The second kappa shape index (κ2) is 10.8. The van der Waals surface area contributed by atoms with E-state index in [2.05, 4.69) is 11.4 Å². The first kappa shape index (κ1) is 22.7. The lowest BCUT2D eigenvalue weighted by Crippen LogP contribution is -2.30. The minimum atomic E-state index is -0.563. The fourth-order valence-electron chi connectivity index (χ4n) is 3.60. The van der Waals surface area contributed by atoms with Crippen molar-refractivity contribution in [3.05, 3.63) is 69.7 Å². The number of fused-ring (bicyclic) bond motifs is 1. The SMILES string of the molecule is CCOC(=O)c1ccc2c(c1)CCC(CNCC(O)c1cccc(Cl)c1)C2.Cl. The van der Waals surface area contributed by atoms with Crippen LogP contribution in [0.3, 0.4) is 0 Å². The highest BCUT2D eigenvalue weighted by atomic mass is 35.5. The van der Waals surface area contributed by atoms with Crippen LogP contribution in [0.5, 0.6) is 0 Å². The number of benzene rings is 2. The summed E-state index contributed by atoms with van der Waals surface area (Å²) in [4.78, 5) is 11.9. The van der Waals surface area contributed by atoms with Gasteiger partial charge in [0.25, 0.3) is 0 Å². The number of rotatable bonds is 7. The molecule has 0 amide bonds. The van der Waals surface area contributed by atoms with Crippen molar-refractivity contribution in [2.45, 2.75) is 32.3 Å². The number of hydrogen-bond donors (Lipinski definition) is 2. The number of esters is 1. The molecule has 0 saturated carbocycles. The normalized spacial score (nSPS) is 16.6. The first-order valence-electron chi connectivity index (χ1n) is 9.50. The van der Waals surface area contributed by atoms with E-state index in [9.17, 15) is 9.90 Å². The second-order valence-corrected chi connectivity index (χ2v) is 7.48. The van der Waals surface area contributed by atoms with Gasteiger partial charge in [0.15, 0.2) is 0 Å². The summed E-state index contributed by atoms with van der Waals surface area (Å²) in [6.07, 6.45) is 2.45. The third-order valence-electron chi connectivity index (χ3n) is 5.05. The Labute approximate surface area is 177 Å². The molecule has 3 rings (SSSR count). The fourth-order valence-corrected chi connectivity index (χ4v) is 3.80. The minimum Gasteiger partial charge on any atom is -0.462 e. The first-order chi connectivity index (χ1) is 13.1. The van der Waals surface area contributed by atoms with Gasteiger partial charge in [-0.3, -0.25) is 0 Å². The van der Waals surface area contributed by atoms with Crippen molar-refractivity contribution >= 4 is 30.0 Å². The number of nitrogens with one attached hydrogen (secondary N) is 1. The summed E-state index contributed by atoms with van der Waals surface area (Å²) in [5.41, 5.74) is 4.01. The lowest BCUT2D eigenvalue weighted by Gasteiger charge is -2.26. The molecule has 2 N–H and O–H groups in total. The van der Waals surface area contributed by atoms with Crippen molar-refractivity contribution in [1.82, 2.24) is 5.32 Å². The quantitative estimate of drug-likeness (QED) is 0.649. The Balaban J connectivity index is 0.00000280. The summed E-state index contributed by atoms with van der Waals surface area (Å²) >= 11 is 5.98. The van der Waals surface area contributed by atoms with Gasteiger partial charge >= 0.3 is 5.97 Å². The van der Waals surface area contributed by atoms with Crippen LogP contribution >= 0.6 is 24.0 Å². The zero-order chi connectivity index (χ0) is 19.2. The van der Waals surface area contributed by atoms with E-state index in [-0.39, 0.29) is 18.4 Å². The standard InChI is InChI=1S/C22H26ClNO3.ClH/c1-2-27-22(26)19-9-8-16-10-15(6-7-17(16)11-19)13-24-14-21(25)18-4-3-5-20(23)12-18;/h3-5,8-9,11-12,15,21,24-25H,2,6-7,10,13-14H2,1H3;1H. The molecular weight excluding hydrogens is 397 g/mol. The molecule has 2 atom stereocenters. The van der Waals surface area contributed by atoms with Gasteiger partial charge in [-0.1, -0.05) is 29.8 Å². The van der Waals surface area contributed by atoms with E-state index in [1.165, 1.54) is 11.1 Å². The molecule has 0 heterocycles. The van der Waals surface area contributed by atoms with Crippen LogP contribution in [0.4, 0.5) is 0 Å². The molecule has 6 heteroatoms. The van der Waals surface area contributed by atoms with E-state index in [1.54, 1.807) is 12.1 Å². The number of carbonyl (C=O) groups is 1. The van der Waals surface area contributed by atoms with Gasteiger partial charge < -0.3 is 15.2 Å². The molecule has 28 heavy (non-hydrogen) atoms. The van der Waals surface area contributed by atoms with Crippen LogP contribution in [0.1, 0.15) is 46.5 Å². The van der Waals surface area contributed by atoms with E-state index >= 15 is 0 Å². The maximum atomic E-state index is 11.9. The van der Waals surface area contributed by atoms with E-state index in [1.807, 2.05) is 31.2 Å². The molecule has 152 valence electrons. The van der Waals surface area contributed by atoms with Gasteiger partial charge in [-0.25, -0.2) is 4.79 Å². The van der Waals surface area contributed by atoms with E-state index in [0.29, 0.717) is 29.7 Å². The number of halogens is 2. The van der Waals surface area contributed by atoms with Gasteiger partial charge in [-0.15, -0.1) is 12.4 Å². The Morgan fingerprint density at radius 1 is 1.29 bits per heavy atom. The summed E-state index contributed by atoms with van der Waals surface area (Å²) in [5.74, 6) is 0.275. The van der Waals surface area contributed by atoms with Gasteiger partial charge in [-0.05, 0) is 79.6 Å². The molecule has 0 aliphatic heterocycles. The van der Waals surface area contributed by atoms with Gasteiger partial charge in [0.1, 0.15) is 0 Å². The lowest BCUT2D eigenvalue weighted by atomic mass is 9.83. The fraction of sp³-hybridized carbons (Fsp3) is 0.409. The summed E-state index contributed by atoms with van der Waals surface area (Å²) in [6, 6.07) is 13.2. The molecule has 0 spiro atoms. The maximum Gasteiger partial charge on any atom is 0.338 e. The Morgan fingerprint density at radius 2 is 2.11 bits per heavy atom. The Morgan fingerprint density at radius 3 is 2.86 bits per heavy atom. The molecule has 0 aromatic heterocycles. The highest BCUT2D eigenvalue weighted by Gasteiger charge is 2.20. The molecule has 4 nitrogen and oxygen atoms in total. The molecule has 1 aliphatic rings. The van der Waals surface area contributed by atoms with Crippen molar-refractivity contribution in [2.24, 2.45) is 5.92 Å². The summed E-state index contributed by atoms with van der Waals surface area (Å²) < 4.78 is 5.08. The van der Waals surface area contributed by atoms with E-state index in [0.717, 1.165) is 31.4 Å². The van der Waals surface area contributed by atoms with Crippen molar-refractivity contribution in [1.29, 1.82) is 0 Å². The van der Waals surface area contributed by atoms with Crippen LogP contribution in [-0.2, 0) is 17.6 Å². The highest BCUT2D eigenvalue weighted by molar-refractivity contribution is 6.30. The Hall–Kier alpha value is -1.59. The average molecular weight is 424 g/mol. The number of aliphatic hydroxyl groups excluding tert-OH is 1. The molecule has 2 aromatic carbocycles. The molecule has 2 unspecified atom stereocenters. The predicted octanol–water partition coefficient (Wildman–Crippen LogP) is 4.37. The van der Waals surface area contributed by atoms with Gasteiger partial charge in [0.2, 0.25) is 0 Å². The third kappa shape index (κ3) is 5.95. The number of carbonyl (C=O) groups excluding carboxylic acids is 1. The van der Waals surface area contributed by atoms with Crippen LogP contribution in [0.15, 0.2) is 42.5 Å². The average Bonchev–Trinajstić information content (AvgIpc) is 2.67. The molecule has 2 aromatic rings. The van der Waals surface area contributed by atoms with Crippen molar-refractivity contribution < 1.29 is 14.6 Å². The van der Waals surface area contributed by atoms with E-state index in [4.69, 9.17) is 16.3 Å². The molecule has 0 radical (unpaired) electrons. The van der Waals surface area contributed by atoms with Gasteiger partial charge in [0.05, 0.1) is 18.3 Å². The minimum absolute atomic E-state index is 0. The number of aliphatic hydroxyl groups is 1. The monoisotopic (exact) mass is 423 g/mol. The Kier molecular flexibility index (Phi) is 8.77. The first-order valence-corrected chi connectivity index (χ1v) is 9.87. The number of aryl methyl sites for hydroxylation is 1. The molecule has 0 saturated heterocycles. The largest absolute Gasteiger partial charge is 0.462 e. The lowest BCUT2D eigenvalue weighted by molar-refractivity contribution is 0.0526. The number of ether oxygens (including phenoxy) is 1. The number of hydrogen-bond acceptors (Lipinski definition) is 4. The zero-order valence-electron chi connectivity index (χ0n) is 16.0. The van der Waals surface area contributed by atoms with Crippen LogP contribution in [0.2, 0.25) is 5.02 Å². The topological polar surface area (TPSA) is 58.6 Å². The van der Waals surface area contributed by atoms with Gasteiger partial charge in [0, 0.05) is 11.6 Å². The molecular formula is C22H27Cl2NO3. The Bertz CT molecular complexity index is 797. The highest BCUT2D eigenvalue weighted by Crippen LogP contribution is 2.26. The van der Waals surface area contributed by atoms with Crippen molar-refractivity contribution in [3.63, 3.8) is 0 Å². The van der Waals surface area contributed by atoms with Crippen molar-refractivity contribution in [3.8, 4) is 0 Å². The zero-order valence-corrected chi connectivity index (χ0v) is 17.6. The summed E-state index contributed by atoms with van der Waals surface area (Å²) in [5, 5.41) is 14.3.